The first-order chi connectivity index (χ1) is 14.1. The summed E-state index contributed by atoms with van der Waals surface area (Å²) in [5, 5.41) is 7.66. The number of nitrogens with zero attached hydrogens (tertiary/aromatic N) is 3. The van der Waals surface area contributed by atoms with Gasteiger partial charge in [-0.15, -0.1) is 0 Å². The molecule has 0 unspecified atom stereocenters. The van der Waals surface area contributed by atoms with Crippen LogP contribution in [0.15, 0.2) is 6.20 Å². The molecule has 2 aromatic heterocycles. The van der Waals surface area contributed by atoms with E-state index in [0.717, 1.165) is 35.5 Å². The maximum absolute atomic E-state index is 12.7. The molecular weight excluding hydrogens is 392 g/mol. The summed E-state index contributed by atoms with van der Waals surface area (Å²) in [7, 11) is 0. The van der Waals surface area contributed by atoms with E-state index in [-0.39, 0.29) is 11.9 Å². The van der Waals surface area contributed by atoms with E-state index in [9.17, 15) is 9.59 Å². The highest BCUT2D eigenvalue weighted by atomic mass is 32.1. The van der Waals surface area contributed by atoms with Crippen LogP contribution in [0.1, 0.15) is 63.2 Å². The van der Waals surface area contributed by atoms with Gasteiger partial charge in [0, 0.05) is 37.6 Å². The van der Waals surface area contributed by atoms with E-state index < -0.39 is 0 Å². The Bertz CT molecular complexity index is 846. The molecule has 158 valence electrons. The molecule has 0 fully saturated rings. The fraction of sp³-hybridized carbons (Fsp3) is 0.600. The van der Waals surface area contributed by atoms with Crippen molar-refractivity contribution in [2.24, 2.45) is 0 Å². The first-order valence-electron chi connectivity index (χ1n) is 10.1. The molecule has 1 N–H and O–H groups in total. The van der Waals surface area contributed by atoms with Crippen molar-refractivity contribution in [3.8, 4) is 0 Å². The Hall–Kier alpha value is -2.26. The van der Waals surface area contributed by atoms with E-state index >= 15 is 0 Å². The Morgan fingerprint density at radius 1 is 1.38 bits per heavy atom. The molecule has 0 aliphatic carbocycles. The second-order valence-corrected chi connectivity index (χ2v) is 7.96. The maximum atomic E-state index is 12.7. The zero-order valence-electron chi connectivity index (χ0n) is 17.0. The smallest absolute Gasteiger partial charge is 0.340 e. The number of hydrogen-bond acceptors (Lipinski definition) is 7. The van der Waals surface area contributed by atoms with Crippen molar-refractivity contribution >= 4 is 23.4 Å². The summed E-state index contributed by atoms with van der Waals surface area (Å²) in [6.07, 6.45) is 5.24. The van der Waals surface area contributed by atoms with Crippen LogP contribution in [0.4, 0.5) is 0 Å². The van der Waals surface area contributed by atoms with Crippen molar-refractivity contribution < 1.29 is 19.1 Å². The molecular formula is C20H28N4O4S. The number of hydrogen-bond donors (Lipinski definition) is 1. The van der Waals surface area contributed by atoms with Crippen molar-refractivity contribution in [1.82, 2.24) is 19.5 Å². The van der Waals surface area contributed by atoms with Gasteiger partial charge in [0.2, 0.25) is 0 Å². The van der Waals surface area contributed by atoms with Gasteiger partial charge >= 0.3 is 5.97 Å². The van der Waals surface area contributed by atoms with Crippen molar-refractivity contribution in [3.63, 3.8) is 0 Å². The number of rotatable bonds is 6. The molecule has 3 rings (SSSR count). The average molecular weight is 421 g/mol. The predicted molar refractivity (Wildman–Crippen MR) is 109 cm³/mol. The average Bonchev–Trinajstić information content (AvgIpc) is 3.29. The van der Waals surface area contributed by atoms with Crippen molar-refractivity contribution in [2.45, 2.75) is 52.5 Å². The third-order valence-corrected chi connectivity index (χ3v) is 5.57. The molecule has 9 heteroatoms. The van der Waals surface area contributed by atoms with Crippen LogP contribution in [-0.2, 0) is 28.9 Å². The highest BCUT2D eigenvalue weighted by Gasteiger charge is 2.23. The van der Waals surface area contributed by atoms with E-state index in [1.807, 2.05) is 18.5 Å². The van der Waals surface area contributed by atoms with Gasteiger partial charge in [0.15, 0.2) is 0 Å². The van der Waals surface area contributed by atoms with Crippen LogP contribution in [0.25, 0.3) is 0 Å². The third kappa shape index (κ3) is 5.42. The van der Waals surface area contributed by atoms with Gasteiger partial charge in [0.1, 0.15) is 0 Å². The second-order valence-electron chi connectivity index (χ2n) is 6.96. The lowest BCUT2D eigenvalue weighted by atomic mass is 10.1. The van der Waals surface area contributed by atoms with E-state index in [2.05, 4.69) is 14.8 Å². The molecule has 0 atom stereocenters. The number of amides is 1. The van der Waals surface area contributed by atoms with E-state index in [0.29, 0.717) is 56.9 Å². The minimum Gasteiger partial charge on any atom is -0.462 e. The molecule has 1 aliphatic rings. The molecule has 0 bridgehead atoms. The van der Waals surface area contributed by atoms with Gasteiger partial charge in [-0.05, 0) is 44.1 Å². The summed E-state index contributed by atoms with van der Waals surface area (Å²) in [5.74, 6) is -0.404. The number of aromatic nitrogens is 3. The topological polar surface area (TPSA) is 95.3 Å². The van der Waals surface area contributed by atoms with Crippen molar-refractivity contribution in [2.75, 3.05) is 26.4 Å². The Kier molecular flexibility index (Phi) is 7.76. The zero-order chi connectivity index (χ0) is 20.6. The van der Waals surface area contributed by atoms with Gasteiger partial charge in [-0.1, -0.05) is 6.92 Å². The zero-order valence-corrected chi connectivity index (χ0v) is 17.8. The summed E-state index contributed by atoms with van der Waals surface area (Å²) in [5.41, 5.74) is 2.97. The molecule has 0 radical (unpaired) electrons. The molecule has 0 aromatic carbocycles. The van der Waals surface area contributed by atoms with Crippen LogP contribution in [0, 0.1) is 6.92 Å². The number of carbonyl (C=O) groups is 2. The van der Waals surface area contributed by atoms with Crippen LogP contribution in [0.2, 0.25) is 0 Å². The maximum Gasteiger partial charge on any atom is 0.340 e. The Balaban J connectivity index is 1.66. The number of nitrogens with one attached hydrogen (secondary N) is 1. The van der Waals surface area contributed by atoms with Gasteiger partial charge < -0.3 is 14.8 Å². The number of esters is 1. The third-order valence-electron chi connectivity index (χ3n) is 4.86. The number of carbonyl (C=O) groups excluding carboxylic acids is 2. The van der Waals surface area contributed by atoms with Gasteiger partial charge in [-0.3, -0.25) is 9.48 Å². The molecule has 1 aliphatic heterocycles. The van der Waals surface area contributed by atoms with Gasteiger partial charge in [-0.25, -0.2) is 4.79 Å². The highest BCUT2D eigenvalue weighted by molar-refractivity contribution is 7.06. The summed E-state index contributed by atoms with van der Waals surface area (Å²) >= 11 is 1.29. The van der Waals surface area contributed by atoms with Crippen LogP contribution >= 0.6 is 11.5 Å². The lowest BCUT2D eigenvalue weighted by Crippen LogP contribution is -2.26. The highest BCUT2D eigenvalue weighted by Crippen LogP contribution is 2.19. The largest absolute Gasteiger partial charge is 0.462 e. The van der Waals surface area contributed by atoms with Crippen LogP contribution < -0.4 is 5.32 Å². The molecule has 0 saturated heterocycles. The Labute approximate surface area is 174 Å². The number of ether oxygens (including phenoxy) is 2. The fourth-order valence-electron chi connectivity index (χ4n) is 3.36. The van der Waals surface area contributed by atoms with Gasteiger partial charge in [-0.2, -0.15) is 9.47 Å². The minimum absolute atomic E-state index is 0.0585. The lowest BCUT2D eigenvalue weighted by Gasteiger charge is -2.10. The SMILES string of the molecule is CCc1nn(CCCOC(=O)c2cnsc2C)c2c1C(=O)NCCCOCCC2. The molecule has 29 heavy (non-hydrogen) atoms. The van der Waals surface area contributed by atoms with Crippen LogP contribution in [0.5, 0.6) is 0 Å². The fourth-order valence-corrected chi connectivity index (χ4v) is 3.91. The molecule has 0 saturated carbocycles. The summed E-state index contributed by atoms with van der Waals surface area (Å²) in [6, 6.07) is 0. The van der Waals surface area contributed by atoms with Crippen molar-refractivity contribution in [3.05, 3.63) is 33.6 Å². The number of fused-ring (bicyclic) bond motifs is 1. The predicted octanol–water partition coefficient (Wildman–Crippen LogP) is 2.54. The van der Waals surface area contributed by atoms with Gasteiger partial charge in [0.25, 0.3) is 5.91 Å². The van der Waals surface area contributed by atoms with E-state index in [1.165, 1.54) is 11.5 Å². The van der Waals surface area contributed by atoms with Gasteiger partial charge in [0.05, 0.1) is 35.3 Å². The van der Waals surface area contributed by atoms with Crippen LogP contribution in [0.3, 0.4) is 0 Å². The normalized spacial score (nSPS) is 15.3. The first-order valence-corrected chi connectivity index (χ1v) is 10.9. The second kappa shape index (κ2) is 10.5. The molecule has 0 spiro atoms. The summed E-state index contributed by atoms with van der Waals surface area (Å²) in [4.78, 5) is 25.7. The van der Waals surface area contributed by atoms with E-state index in [4.69, 9.17) is 9.47 Å². The monoisotopic (exact) mass is 420 g/mol. The quantitative estimate of drug-likeness (QED) is 0.570. The number of aryl methyl sites for hydroxylation is 3. The molecule has 2 aromatic rings. The summed E-state index contributed by atoms with van der Waals surface area (Å²) < 4.78 is 16.9. The Morgan fingerprint density at radius 2 is 2.21 bits per heavy atom. The first kappa shape index (κ1) is 21.4. The minimum atomic E-state index is -0.346. The molecule has 1 amide bonds. The lowest BCUT2D eigenvalue weighted by molar-refractivity contribution is 0.0494. The summed E-state index contributed by atoms with van der Waals surface area (Å²) in [6.45, 7) is 6.67. The molecule has 3 heterocycles. The standard InChI is InChI=1S/C20H28N4O4S/c1-3-16-18-17(7-4-10-27-11-5-8-21-19(18)25)24(23-16)9-6-12-28-20(26)15-13-22-29-14(15)2/h13H,3-12H2,1-2H3,(H,21,25). The van der Waals surface area contributed by atoms with Crippen LogP contribution in [-0.4, -0.2) is 52.4 Å². The Morgan fingerprint density at radius 3 is 2.97 bits per heavy atom. The molecule has 8 nitrogen and oxygen atoms in total. The van der Waals surface area contributed by atoms with Crippen molar-refractivity contribution in [1.29, 1.82) is 0 Å². The van der Waals surface area contributed by atoms with E-state index in [1.54, 1.807) is 6.20 Å².